The third-order valence-electron chi connectivity index (χ3n) is 4.09. The fourth-order valence-electron chi connectivity index (χ4n) is 2.99. The van der Waals surface area contributed by atoms with Crippen molar-refractivity contribution >= 4 is 17.4 Å². The topological polar surface area (TPSA) is 55.4 Å². The summed E-state index contributed by atoms with van der Waals surface area (Å²) in [4.78, 5) is 23.6. The summed E-state index contributed by atoms with van der Waals surface area (Å²) in [5, 5.41) is 2.92. The molecule has 1 saturated carbocycles. The van der Waals surface area contributed by atoms with E-state index in [1.807, 2.05) is 18.2 Å². The molecule has 1 aromatic carbocycles. The van der Waals surface area contributed by atoms with Gasteiger partial charge in [0.05, 0.1) is 12.5 Å². The van der Waals surface area contributed by atoms with E-state index in [4.69, 9.17) is 4.74 Å². The van der Waals surface area contributed by atoms with Crippen LogP contribution in [-0.4, -0.2) is 18.8 Å². The first-order chi connectivity index (χ1) is 8.65. The molecule has 0 atom stereocenters. The molecule has 0 radical (unpaired) electrons. The standard InChI is InChI=1S/C14H15NO3/c1-18-10-2-3-11-12(8-10)15-13(17)14(11)6-4-9(16)5-7-14/h2-3,8H,4-7H2,1H3,(H,15,17). The number of carbonyl (C=O) groups excluding carboxylic acids is 2. The van der Waals surface area contributed by atoms with Crippen LogP contribution in [0.1, 0.15) is 31.2 Å². The van der Waals surface area contributed by atoms with Gasteiger partial charge in [0.25, 0.3) is 0 Å². The lowest BCUT2D eigenvalue weighted by Crippen LogP contribution is -2.38. The van der Waals surface area contributed by atoms with Gasteiger partial charge < -0.3 is 10.1 Å². The molecule has 1 amide bonds. The molecule has 1 aromatic rings. The predicted molar refractivity (Wildman–Crippen MR) is 66.8 cm³/mol. The molecule has 1 fully saturated rings. The van der Waals surface area contributed by atoms with Crippen molar-refractivity contribution in [1.29, 1.82) is 0 Å². The monoisotopic (exact) mass is 245 g/mol. The van der Waals surface area contributed by atoms with Gasteiger partial charge in [-0.15, -0.1) is 0 Å². The van der Waals surface area contributed by atoms with E-state index in [0.29, 0.717) is 25.7 Å². The Morgan fingerprint density at radius 3 is 2.61 bits per heavy atom. The molecule has 0 bridgehead atoms. The molecule has 4 heteroatoms. The van der Waals surface area contributed by atoms with Crippen molar-refractivity contribution in [3.63, 3.8) is 0 Å². The molecule has 1 aliphatic carbocycles. The molecule has 0 aromatic heterocycles. The zero-order valence-electron chi connectivity index (χ0n) is 10.3. The summed E-state index contributed by atoms with van der Waals surface area (Å²) in [7, 11) is 1.60. The first-order valence-corrected chi connectivity index (χ1v) is 6.17. The average molecular weight is 245 g/mol. The van der Waals surface area contributed by atoms with Gasteiger partial charge in [-0.3, -0.25) is 9.59 Å². The second-order valence-corrected chi connectivity index (χ2v) is 4.99. The lowest BCUT2D eigenvalue weighted by atomic mass is 9.70. The highest BCUT2D eigenvalue weighted by molar-refractivity contribution is 6.07. The number of fused-ring (bicyclic) bond motifs is 2. The van der Waals surface area contributed by atoms with Crippen molar-refractivity contribution < 1.29 is 14.3 Å². The van der Waals surface area contributed by atoms with Crippen LogP contribution in [0.2, 0.25) is 0 Å². The van der Waals surface area contributed by atoms with E-state index >= 15 is 0 Å². The normalized spacial score (nSPS) is 20.7. The van der Waals surface area contributed by atoms with E-state index in [1.165, 1.54) is 0 Å². The summed E-state index contributed by atoms with van der Waals surface area (Å²) in [5.74, 6) is 1.02. The molecule has 18 heavy (non-hydrogen) atoms. The molecule has 1 aliphatic heterocycles. The number of rotatable bonds is 1. The summed E-state index contributed by atoms with van der Waals surface area (Å²) in [5.41, 5.74) is 1.35. The van der Waals surface area contributed by atoms with Gasteiger partial charge in [0.2, 0.25) is 5.91 Å². The van der Waals surface area contributed by atoms with Crippen LogP contribution >= 0.6 is 0 Å². The number of carbonyl (C=O) groups is 2. The van der Waals surface area contributed by atoms with Crippen LogP contribution in [0.25, 0.3) is 0 Å². The third-order valence-corrected chi connectivity index (χ3v) is 4.09. The number of hydrogen-bond donors (Lipinski definition) is 1. The zero-order chi connectivity index (χ0) is 12.8. The smallest absolute Gasteiger partial charge is 0.235 e. The first-order valence-electron chi connectivity index (χ1n) is 6.17. The Hall–Kier alpha value is -1.84. The fourth-order valence-corrected chi connectivity index (χ4v) is 2.99. The number of amides is 1. The van der Waals surface area contributed by atoms with Crippen LogP contribution in [0.5, 0.6) is 5.75 Å². The lowest BCUT2D eigenvalue weighted by molar-refractivity contribution is -0.126. The molecular formula is C14H15NO3. The molecule has 2 aliphatic rings. The minimum Gasteiger partial charge on any atom is -0.497 e. The quantitative estimate of drug-likeness (QED) is 0.823. The molecule has 1 heterocycles. The van der Waals surface area contributed by atoms with Gasteiger partial charge in [-0.2, -0.15) is 0 Å². The third kappa shape index (κ3) is 1.45. The molecule has 94 valence electrons. The van der Waals surface area contributed by atoms with Crippen LogP contribution in [-0.2, 0) is 15.0 Å². The SMILES string of the molecule is COc1ccc2c(c1)NC(=O)C21CCC(=O)CC1. The van der Waals surface area contributed by atoms with Crippen molar-refractivity contribution in [2.45, 2.75) is 31.1 Å². The van der Waals surface area contributed by atoms with Crippen molar-refractivity contribution in [3.05, 3.63) is 23.8 Å². The van der Waals surface area contributed by atoms with E-state index in [2.05, 4.69) is 5.32 Å². The molecular weight excluding hydrogens is 230 g/mol. The minimum absolute atomic E-state index is 0.0262. The number of benzene rings is 1. The van der Waals surface area contributed by atoms with Crippen LogP contribution < -0.4 is 10.1 Å². The number of anilines is 1. The Labute approximate surface area is 105 Å². The molecule has 0 saturated heterocycles. The predicted octanol–water partition coefficient (Wildman–Crippen LogP) is 2.03. The Bertz CT molecular complexity index is 526. The molecule has 1 spiro atoms. The number of hydrogen-bond acceptors (Lipinski definition) is 3. The second kappa shape index (κ2) is 3.83. The van der Waals surface area contributed by atoms with E-state index < -0.39 is 5.41 Å². The highest BCUT2D eigenvalue weighted by Crippen LogP contribution is 2.47. The molecule has 3 rings (SSSR count). The average Bonchev–Trinajstić information content (AvgIpc) is 2.65. The minimum atomic E-state index is -0.491. The summed E-state index contributed by atoms with van der Waals surface area (Å²) in [6.07, 6.45) is 2.24. The van der Waals surface area contributed by atoms with Gasteiger partial charge in [-0.1, -0.05) is 6.07 Å². The first kappa shape index (κ1) is 11.3. The van der Waals surface area contributed by atoms with E-state index in [1.54, 1.807) is 7.11 Å². The van der Waals surface area contributed by atoms with E-state index in [0.717, 1.165) is 17.0 Å². The molecule has 4 nitrogen and oxygen atoms in total. The van der Waals surface area contributed by atoms with Gasteiger partial charge >= 0.3 is 0 Å². The van der Waals surface area contributed by atoms with Gasteiger partial charge in [-0.05, 0) is 24.5 Å². The molecule has 0 unspecified atom stereocenters. The zero-order valence-corrected chi connectivity index (χ0v) is 10.3. The summed E-state index contributed by atoms with van der Waals surface area (Å²) < 4.78 is 5.16. The Morgan fingerprint density at radius 2 is 1.94 bits per heavy atom. The number of ether oxygens (including phenoxy) is 1. The lowest BCUT2D eigenvalue weighted by Gasteiger charge is -2.30. The maximum Gasteiger partial charge on any atom is 0.235 e. The number of nitrogens with one attached hydrogen (secondary N) is 1. The van der Waals surface area contributed by atoms with Crippen molar-refractivity contribution in [1.82, 2.24) is 0 Å². The highest BCUT2D eigenvalue weighted by atomic mass is 16.5. The van der Waals surface area contributed by atoms with Crippen LogP contribution in [0.4, 0.5) is 5.69 Å². The van der Waals surface area contributed by atoms with Gasteiger partial charge in [-0.25, -0.2) is 0 Å². The Morgan fingerprint density at radius 1 is 1.22 bits per heavy atom. The van der Waals surface area contributed by atoms with Crippen LogP contribution in [0, 0.1) is 0 Å². The van der Waals surface area contributed by atoms with Crippen LogP contribution in [0.15, 0.2) is 18.2 Å². The summed E-state index contributed by atoms with van der Waals surface area (Å²) in [6.45, 7) is 0. The van der Waals surface area contributed by atoms with Crippen molar-refractivity contribution in [2.75, 3.05) is 12.4 Å². The number of methoxy groups -OCH3 is 1. The van der Waals surface area contributed by atoms with Crippen LogP contribution in [0.3, 0.4) is 0 Å². The van der Waals surface area contributed by atoms with Crippen molar-refractivity contribution in [2.24, 2.45) is 0 Å². The Kier molecular flexibility index (Phi) is 2.40. The Balaban J connectivity index is 2.04. The number of ketones is 1. The second-order valence-electron chi connectivity index (χ2n) is 4.99. The highest BCUT2D eigenvalue weighted by Gasteiger charge is 2.48. The summed E-state index contributed by atoms with van der Waals surface area (Å²) >= 11 is 0. The maximum absolute atomic E-state index is 12.3. The maximum atomic E-state index is 12.3. The largest absolute Gasteiger partial charge is 0.497 e. The van der Waals surface area contributed by atoms with E-state index in [9.17, 15) is 9.59 Å². The van der Waals surface area contributed by atoms with Gasteiger partial charge in [0.1, 0.15) is 11.5 Å². The fraction of sp³-hybridized carbons (Fsp3) is 0.429. The van der Waals surface area contributed by atoms with Crippen molar-refractivity contribution in [3.8, 4) is 5.75 Å². The number of Topliss-reactive ketones (excluding diaryl/α,β-unsaturated/α-hetero) is 1. The van der Waals surface area contributed by atoms with E-state index in [-0.39, 0.29) is 11.7 Å². The van der Waals surface area contributed by atoms with Gasteiger partial charge in [0.15, 0.2) is 0 Å². The summed E-state index contributed by atoms with van der Waals surface area (Å²) in [6, 6.07) is 5.66. The molecule has 1 N–H and O–H groups in total. The van der Waals surface area contributed by atoms with Gasteiger partial charge in [0, 0.05) is 24.6 Å².